The molecule has 5 heteroatoms. The first-order valence-corrected chi connectivity index (χ1v) is 15.0. The standard InChI is InChI=1S/C38H34N2O3/c1-23(2)21-25-14-16-27(17-15-25)35(41)33-34(36(42)26-9-5-4-6-10-26)40-31-19-13-24(3)22-28(31)18-20-32(40)38(33)29-11-7-8-12-30(29)39-37(38)43/h4-20,22-23,32-34H,21H2,1-3H3,(H,39,43)/t32-,33-,34-,38-/m0/s1. The third kappa shape index (κ3) is 4.09. The average molecular weight is 567 g/mol. The van der Waals surface area contributed by atoms with E-state index in [1.807, 2.05) is 97.9 Å². The van der Waals surface area contributed by atoms with Crippen LogP contribution < -0.4 is 10.2 Å². The lowest BCUT2D eigenvalue weighted by Crippen LogP contribution is -2.51. The van der Waals surface area contributed by atoms with Gasteiger partial charge < -0.3 is 10.2 Å². The summed E-state index contributed by atoms with van der Waals surface area (Å²) in [5.41, 5.74) is 5.23. The Bertz CT molecular complexity index is 1790. The molecule has 0 radical (unpaired) electrons. The molecule has 1 amide bonds. The number of benzene rings is 4. The fourth-order valence-electron chi connectivity index (χ4n) is 7.53. The highest BCUT2D eigenvalue weighted by Crippen LogP contribution is 2.58. The molecule has 3 aliphatic heterocycles. The Morgan fingerprint density at radius 1 is 0.860 bits per heavy atom. The van der Waals surface area contributed by atoms with E-state index in [1.165, 1.54) is 0 Å². The van der Waals surface area contributed by atoms with Crippen molar-refractivity contribution in [3.05, 3.63) is 137 Å². The van der Waals surface area contributed by atoms with Gasteiger partial charge in [0, 0.05) is 22.5 Å². The van der Waals surface area contributed by atoms with Gasteiger partial charge in [0.05, 0.1) is 12.0 Å². The minimum atomic E-state index is -1.31. The molecule has 0 aromatic heterocycles. The number of ketones is 2. The lowest BCUT2D eigenvalue weighted by molar-refractivity contribution is -0.121. The molecule has 1 saturated heterocycles. The zero-order valence-corrected chi connectivity index (χ0v) is 24.6. The summed E-state index contributed by atoms with van der Waals surface area (Å²) >= 11 is 0. The van der Waals surface area contributed by atoms with Crippen LogP contribution in [-0.4, -0.2) is 29.6 Å². The quantitative estimate of drug-likeness (QED) is 0.254. The molecular formula is C38H34N2O3. The van der Waals surface area contributed by atoms with Crippen LogP contribution in [0.5, 0.6) is 0 Å². The van der Waals surface area contributed by atoms with E-state index in [2.05, 4.69) is 30.1 Å². The number of amides is 1. The van der Waals surface area contributed by atoms with E-state index in [0.717, 1.165) is 34.4 Å². The number of Topliss-reactive ketones (excluding diaryl/α,β-unsaturated/α-hetero) is 2. The van der Waals surface area contributed by atoms with Gasteiger partial charge in [-0.25, -0.2) is 0 Å². The SMILES string of the molecule is Cc1ccc2c(c1)C=C[C@@H]1N2[C@H](C(=O)c2ccccc2)[C@@H](C(=O)c2ccc(CC(C)C)cc2)[C@@]12C(=O)Nc1ccccc12. The summed E-state index contributed by atoms with van der Waals surface area (Å²) in [6.45, 7) is 6.37. The van der Waals surface area contributed by atoms with Crippen LogP contribution in [0.4, 0.5) is 11.4 Å². The molecule has 4 aromatic rings. The lowest BCUT2D eigenvalue weighted by atomic mass is 9.64. The summed E-state index contributed by atoms with van der Waals surface area (Å²) in [6.07, 6.45) is 4.97. The highest BCUT2D eigenvalue weighted by atomic mass is 16.2. The van der Waals surface area contributed by atoms with Gasteiger partial charge in [0.25, 0.3) is 0 Å². The van der Waals surface area contributed by atoms with Gasteiger partial charge in [-0.2, -0.15) is 0 Å². The molecule has 4 atom stereocenters. The van der Waals surface area contributed by atoms with Crippen molar-refractivity contribution in [1.82, 2.24) is 0 Å². The van der Waals surface area contributed by atoms with Gasteiger partial charge in [-0.3, -0.25) is 14.4 Å². The van der Waals surface area contributed by atoms with Gasteiger partial charge in [-0.05, 0) is 54.2 Å². The number of rotatable bonds is 6. The van der Waals surface area contributed by atoms with Crippen LogP contribution in [0.25, 0.3) is 6.08 Å². The fraction of sp³-hybridized carbons (Fsp3) is 0.237. The van der Waals surface area contributed by atoms with E-state index in [9.17, 15) is 14.4 Å². The molecule has 3 heterocycles. The zero-order chi connectivity index (χ0) is 29.9. The third-order valence-electron chi connectivity index (χ3n) is 9.28. The Balaban J connectivity index is 1.49. The topological polar surface area (TPSA) is 66.5 Å². The van der Waals surface area contributed by atoms with Gasteiger partial charge in [-0.15, -0.1) is 0 Å². The van der Waals surface area contributed by atoms with Crippen LogP contribution in [0.3, 0.4) is 0 Å². The van der Waals surface area contributed by atoms with Crippen molar-refractivity contribution >= 4 is 34.9 Å². The van der Waals surface area contributed by atoms with Crippen LogP contribution >= 0.6 is 0 Å². The number of carbonyl (C=O) groups is 3. The van der Waals surface area contributed by atoms with E-state index in [0.29, 0.717) is 22.7 Å². The number of para-hydroxylation sites is 1. The van der Waals surface area contributed by atoms with Gasteiger partial charge in [0.1, 0.15) is 11.5 Å². The van der Waals surface area contributed by atoms with Gasteiger partial charge in [-0.1, -0.05) is 110 Å². The molecule has 1 spiro atoms. The molecule has 43 heavy (non-hydrogen) atoms. The monoisotopic (exact) mass is 566 g/mol. The third-order valence-corrected chi connectivity index (χ3v) is 9.28. The number of anilines is 2. The van der Waals surface area contributed by atoms with Crippen molar-refractivity contribution in [2.24, 2.45) is 11.8 Å². The van der Waals surface area contributed by atoms with Gasteiger partial charge >= 0.3 is 0 Å². The fourth-order valence-corrected chi connectivity index (χ4v) is 7.53. The van der Waals surface area contributed by atoms with Gasteiger partial charge in [0.2, 0.25) is 5.91 Å². The van der Waals surface area contributed by atoms with E-state index >= 15 is 0 Å². The molecule has 1 N–H and O–H groups in total. The molecule has 1 fully saturated rings. The Kier molecular flexibility index (Phi) is 6.42. The van der Waals surface area contributed by atoms with Crippen LogP contribution in [0.1, 0.15) is 56.8 Å². The molecular weight excluding hydrogens is 532 g/mol. The first-order valence-electron chi connectivity index (χ1n) is 15.0. The van der Waals surface area contributed by atoms with Crippen molar-refractivity contribution in [3.8, 4) is 0 Å². The number of nitrogens with one attached hydrogen (secondary N) is 1. The predicted molar refractivity (Wildman–Crippen MR) is 171 cm³/mol. The summed E-state index contributed by atoms with van der Waals surface area (Å²) < 4.78 is 0. The molecule has 0 aliphatic carbocycles. The van der Waals surface area contributed by atoms with Crippen LogP contribution in [0, 0.1) is 18.8 Å². The van der Waals surface area contributed by atoms with Crippen LogP contribution in [-0.2, 0) is 16.6 Å². The summed E-state index contributed by atoms with van der Waals surface area (Å²) in [5.74, 6) is -1.11. The maximum absolute atomic E-state index is 15.0. The molecule has 214 valence electrons. The minimum absolute atomic E-state index is 0.170. The molecule has 7 rings (SSSR count). The number of nitrogens with zero attached hydrogens (tertiary/aromatic N) is 1. The average Bonchev–Trinajstić information content (AvgIpc) is 3.49. The lowest BCUT2D eigenvalue weighted by Gasteiger charge is -2.37. The normalized spacial score (nSPS) is 23.2. The molecule has 0 bridgehead atoms. The predicted octanol–water partition coefficient (Wildman–Crippen LogP) is 7.05. The smallest absolute Gasteiger partial charge is 0.238 e. The van der Waals surface area contributed by atoms with Crippen molar-refractivity contribution in [3.63, 3.8) is 0 Å². The highest BCUT2D eigenvalue weighted by Gasteiger charge is 2.70. The van der Waals surface area contributed by atoms with E-state index in [1.54, 1.807) is 12.1 Å². The van der Waals surface area contributed by atoms with Crippen molar-refractivity contribution < 1.29 is 14.4 Å². The summed E-state index contributed by atoms with van der Waals surface area (Å²) in [6, 6.07) is 29.2. The first kappa shape index (κ1) is 27.1. The molecule has 4 aromatic carbocycles. The number of aryl methyl sites for hydroxylation is 1. The van der Waals surface area contributed by atoms with Crippen molar-refractivity contribution in [2.45, 2.75) is 44.7 Å². The number of hydrogen-bond donors (Lipinski definition) is 1. The second-order valence-electron chi connectivity index (χ2n) is 12.5. The number of hydrogen-bond acceptors (Lipinski definition) is 4. The Labute approximate surface area is 252 Å². The van der Waals surface area contributed by atoms with Crippen LogP contribution in [0.15, 0.2) is 103 Å². The second-order valence-corrected chi connectivity index (χ2v) is 12.5. The molecule has 0 saturated carbocycles. The Hall–Kier alpha value is -4.77. The molecule has 3 aliphatic rings. The number of carbonyl (C=O) groups excluding carboxylic acids is 3. The molecule has 5 nitrogen and oxygen atoms in total. The number of fused-ring (bicyclic) bond motifs is 6. The second kappa shape index (κ2) is 10.2. The first-order chi connectivity index (χ1) is 20.8. The largest absolute Gasteiger partial charge is 0.352 e. The summed E-state index contributed by atoms with van der Waals surface area (Å²) in [7, 11) is 0. The maximum Gasteiger partial charge on any atom is 0.238 e. The van der Waals surface area contributed by atoms with E-state index in [-0.39, 0.29) is 17.5 Å². The van der Waals surface area contributed by atoms with Gasteiger partial charge in [0.15, 0.2) is 11.6 Å². The van der Waals surface area contributed by atoms with E-state index in [4.69, 9.17) is 0 Å². The summed E-state index contributed by atoms with van der Waals surface area (Å²) in [4.78, 5) is 46.2. The molecule has 0 unspecified atom stereocenters. The maximum atomic E-state index is 15.0. The summed E-state index contributed by atoms with van der Waals surface area (Å²) in [5, 5.41) is 3.10. The minimum Gasteiger partial charge on any atom is -0.352 e. The highest BCUT2D eigenvalue weighted by molar-refractivity contribution is 6.18. The van der Waals surface area contributed by atoms with Crippen molar-refractivity contribution in [2.75, 3.05) is 10.2 Å². The van der Waals surface area contributed by atoms with E-state index < -0.39 is 23.4 Å². The zero-order valence-electron chi connectivity index (χ0n) is 24.6. The Morgan fingerprint density at radius 2 is 1.56 bits per heavy atom. The van der Waals surface area contributed by atoms with Crippen LogP contribution in [0.2, 0.25) is 0 Å². The Morgan fingerprint density at radius 3 is 2.30 bits per heavy atom. The van der Waals surface area contributed by atoms with Crippen molar-refractivity contribution in [1.29, 1.82) is 0 Å².